The van der Waals surface area contributed by atoms with Crippen molar-refractivity contribution >= 4 is 29.3 Å². The summed E-state index contributed by atoms with van der Waals surface area (Å²) in [5, 5.41) is 3.57. The summed E-state index contributed by atoms with van der Waals surface area (Å²) in [5.41, 5.74) is 4.17. The van der Waals surface area contributed by atoms with Crippen molar-refractivity contribution in [3.63, 3.8) is 0 Å². The van der Waals surface area contributed by atoms with Gasteiger partial charge in [0.05, 0.1) is 6.26 Å². The van der Waals surface area contributed by atoms with Gasteiger partial charge in [-0.15, -0.1) is 0 Å². The van der Waals surface area contributed by atoms with Crippen molar-refractivity contribution in [2.45, 2.75) is 13.8 Å². The number of carbonyl (C=O) groups excluding carboxylic acids is 1. The lowest BCUT2D eigenvalue weighted by Gasteiger charge is -2.11. The lowest BCUT2D eigenvalue weighted by molar-refractivity contribution is -0.112. The van der Waals surface area contributed by atoms with Crippen molar-refractivity contribution in [2.75, 3.05) is 5.32 Å². The van der Waals surface area contributed by atoms with Crippen LogP contribution in [0.4, 0.5) is 5.69 Å². The Hall–Kier alpha value is -2.52. The van der Waals surface area contributed by atoms with E-state index in [1.807, 2.05) is 32.0 Å². The van der Waals surface area contributed by atoms with Crippen LogP contribution >= 0.6 is 11.6 Å². The van der Waals surface area contributed by atoms with Crippen LogP contribution in [0.25, 0.3) is 6.08 Å². The van der Waals surface area contributed by atoms with Gasteiger partial charge in [0.1, 0.15) is 5.75 Å². The molecule has 4 heteroatoms. The maximum atomic E-state index is 12.6. The zero-order valence-corrected chi connectivity index (χ0v) is 13.6. The van der Waals surface area contributed by atoms with Crippen molar-refractivity contribution in [3.05, 3.63) is 76.0 Å². The van der Waals surface area contributed by atoms with Gasteiger partial charge in [0.15, 0.2) is 0 Å². The van der Waals surface area contributed by atoms with Crippen LogP contribution in [0.1, 0.15) is 16.7 Å². The standard InChI is InChI=1S/C19H16ClNO2/c1-12-4-3-5-13(2)18(12)21-19(22)14-8-9-23-17-7-6-16(20)11-15(17)10-14/h3-11H,1-2H3,(H,21,22). The molecule has 3 rings (SSSR count). The van der Waals surface area contributed by atoms with Crippen LogP contribution in [-0.2, 0) is 4.79 Å². The summed E-state index contributed by atoms with van der Waals surface area (Å²) in [7, 11) is 0. The minimum absolute atomic E-state index is 0.185. The van der Waals surface area contributed by atoms with E-state index in [4.69, 9.17) is 16.3 Å². The van der Waals surface area contributed by atoms with Crippen molar-refractivity contribution in [1.29, 1.82) is 0 Å². The van der Waals surface area contributed by atoms with Crippen LogP contribution in [0.15, 0.2) is 54.3 Å². The summed E-state index contributed by atoms with van der Waals surface area (Å²) in [5.74, 6) is 0.482. The molecule has 1 amide bonds. The third-order valence-corrected chi connectivity index (χ3v) is 3.94. The molecule has 0 bridgehead atoms. The fourth-order valence-electron chi connectivity index (χ4n) is 2.47. The number of halogens is 1. The van der Waals surface area contributed by atoms with Crippen molar-refractivity contribution in [3.8, 4) is 5.75 Å². The number of hydrogen-bond acceptors (Lipinski definition) is 2. The molecule has 0 atom stereocenters. The summed E-state index contributed by atoms with van der Waals surface area (Å²) >= 11 is 6.02. The third kappa shape index (κ3) is 3.30. The molecule has 2 aromatic rings. The first-order valence-electron chi connectivity index (χ1n) is 7.26. The predicted molar refractivity (Wildman–Crippen MR) is 93.7 cm³/mol. The Labute approximate surface area is 140 Å². The summed E-state index contributed by atoms with van der Waals surface area (Å²) in [6.07, 6.45) is 4.93. The molecule has 0 radical (unpaired) electrons. The Bertz CT molecular complexity index is 817. The molecule has 0 aliphatic carbocycles. The molecule has 1 aliphatic heterocycles. The largest absolute Gasteiger partial charge is 0.464 e. The zero-order chi connectivity index (χ0) is 16.4. The molecule has 23 heavy (non-hydrogen) atoms. The van der Waals surface area contributed by atoms with Crippen molar-refractivity contribution in [1.82, 2.24) is 0 Å². The number of rotatable bonds is 2. The molecule has 2 aromatic carbocycles. The molecular formula is C19H16ClNO2. The quantitative estimate of drug-likeness (QED) is 0.854. The topological polar surface area (TPSA) is 38.3 Å². The summed E-state index contributed by atoms with van der Waals surface area (Å²) in [6, 6.07) is 11.2. The Kier molecular flexibility index (Phi) is 4.22. The molecule has 0 unspecified atom stereocenters. The molecule has 0 saturated carbocycles. The second kappa shape index (κ2) is 6.31. The molecule has 116 valence electrons. The predicted octanol–water partition coefficient (Wildman–Crippen LogP) is 4.89. The van der Waals surface area contributed by atoms with E-state index in [-0.39, 0.29) is 5.91 Å². The van der Waals surface area contributed by atoms with Crippen LogP contribution in [0, 0.1) is 13.8 Å². The van der Waals surface area contributed by atoms with E-state index in [0.717, 1.165) is 22.4 Å². The molecule has 1 N–H and O–H groups in total. The van der Waals surface area contributed by atoms with E-state index in [0.29, 0.717) is 16.3 Å². The molecule has 3 nitrogen and oxygen atoms in total. The summed E-state index contributed by atoms with van der Waals surface area (Å²) in [6.45, 7) is 3.94. The summed E-state index contributed by atoms with van der Waals surface area (Å²) in [4.78, 5) is 12.6. The third-order valence-electron chi connectivity index (χ3n) is 3.71. The van der Waals surface area contributed by atoms with Gasteiger partial charge in [-0.1, -0.05) is 29.8 Å². The first kappa shape index (κ1) is 15.4. The number of para-hydroxylation sites is 1. The average molecular weight is 326 g/mol. The SMILES string of the molecule is Cc1cccc(C)c1NC(=O)C1=Cc2cc(Cl)ccc2OC=C1. The van der Waals surface area contributed by atoms with E-state index in [2.05, 4.69) is 5.32 Å². The van der Waals surface area contributed by atoms with Gasteiger partial charge in [0.2, 0.25) is 0 Å². The van der Waals surface area contributed by atoms with Crippen LogP contribution in [0.3, 0.4) is 0 Å². The number of hydrogen-bond donors (Lipinski definition) is 1. The van der Waals surface area contributed by atoms with Crippen LogP contribution in [0.5, 0.6) is 5.75 Å². The van der Waals surface area contributed by atoms with E-state index in [1.165, 1.54) is 6.26 Å². The van der Waals surface area contributed by atoms with Gasteiger partial charge in [-0.05, 0) is 55.3 Å². The minimum Gasteiger partial charge on any atom is -0.464 e. The number of benzene rings is 2. The molecule has 1 heterocycles. The van der Waals surface area contributed by atoms with Gasteiger partial charge in [0.25, 0.3) is 5.91 Å². The van der Waals surface area contributed by atoms with Gasteiger partial charge in [-0.2, -0.15) is 0 Å². The summed E-state index contributed by atoms with van der Waals surface area (Å²) < 4.78 is 5.51. The van der Waals surface area contributed by atoms with Gasteiger partial charge in [-0.25, -0.2) is 0 Å². The van der Waals surface area contributed by atoms with Gasteiger partial charge in [0, 0.05) is 21.8 Å². The van der Waals surface area contributed by atoms with E-state index >= 15 is 0 Å². The minimum atomic E-state index is -0.185. The number of fused-ring (bicyclic) bond motifs is 1. The highest BCUT2D eigenvalue weighted by Crippen LogP contribution is 2.28. The normalized spacial score (nSPS) is 12.7. The Morgan fingerprint density at radius 1 is 1.13 bits per heavy atom. The van der Waals surface area contributed by atoms with E-state index < -0.39 is 0 Å². The number of nitrogens with one attached hydrogen (secondary N) is 1. The number of aryl methyl sites for hydroxylation is 2. The van der Waals surface area contributed by atoms with Crippen LogP contribution in [0.2, 0.25) is 5.02 Å². The number of ether oxygens (including phenoxy) is 1. The fraction of sp³-hybridized carbons (Fsp3) is 0.105. The lowest BCUT2D eigenvalue weighted by atomic mass is 10.1. The zero-order valence-electron chi connectivity index (χ0n) is 12.9. The number of carbonyl (C=O) groups is 1. The van der Waals surface area contributed by atoms with Crippen LogP contribution in [-0.4, -0.2) is 5.91 Å². The van der Waals surface area contributed by atoms with E-state index in [9.17, 15) is 4.79 Å². The Balaban J connectivity index is 1.93. The highest BCUT2D eigenvalue weighted by Gasteiger charge is 2.14. The van der Waals surface area contributed by atoms with Gasteiger partial charge >= 0.3 is 0 Å². The maximum Gasteiger partial charge on any atom is 0.255 e. The van der Waals surface area contributed by atoms with Crippen LogP contribution < -0.4 is 10.1 Å². The van der Waals surface area contributed by atoms with E-state index in [1.54, 1.807) is 30.4 Å². The van der Waals surface area contributed by atoms with Crippen molar-refractivity contribution < 1.29 is 9.53 Å². The second-order valence-corrected chi connectivity index (χ2v) is 5.86. The fourth-order valence-corrected chi connectivity index (χ4v) is 2.65. The first-order chi connectivity index (χ1) is 11.0. The van der Waals surface area contributed by atoms with Crippen molar-refractivity contribution in [2.24, 2.45) is 0 Å². The molecular weight excluding hydrogens is 310 g/mol. The lowest BCUT2D eigenvalue weighted by Crippen LogP contribution is -2.14. The molecule has 1 aliphatic rings. The van der Waals surface area contributed by atoms with Gasteiger partial charge in [-0.3, -0.25) is 4.79 Å². The first-order valence-corrected chi connectivity index (χ1v) is 7.64. The highest BCUT2D eigenvalue weighted by molar-refractivity contribution is 6.30. The second-order valence-electron chi connectivity index (χ2n) is 5.42. The number of amides is 1. The number of anilines is 1. The molecule has 0 spiro atoms. The monoisotopic (exact) mass is 325 g/mol. The maximum absolute atomic E-state index is 12.6. The molecule has 0 fully saturated rings. The molecule has 0 saturated heterocycles. The Morgan fingerprint density at radius 2 is 1.87 bits per heavy atom. The Morgan fingerprint density at radius 3 is 2.61 bits per heavy atom. The highest BCUT2D eigenvalue weighted by atomic mass is 35.5. The molecule has 0 aromatic heterocycles. The smallest absolute Gasteiger partial charge is 0.255 e. The average Bonchev–Trinajstić information content (AvgIpc) is 2.72. The van der Waals surface area contributed by atoms with Gasteiger partial charge < -0.3 is 10.1 Å².